The average Bonchev–Trinajstić information content (AvgIpc) is 3.27. The lowest BCUT2D eigenvalue weighted by Crippen LogP contribution is -2.41. The zero-order chi connectivity index (χ0) is 24.2. The van der Waals surface area contributed by atoms with Crippen molar-refractivity contribution in [2.45, 2.75) is 46.6 Å². The van der Waals surface area contributed by atoms with Crippen LogP contribution in [0.15, 0.2) is 35.4 Å². The molecule has 9 heteroatoms. The predicted octanol–water partition coefficient (Wildman–Crippen LogP) is 2.36. The van der Waals surface area contributed by atoms with Crippen LogP contribution in [0, 0.1) is 13.8 Å². The van der Waals surface area contributed by atoms with Gasteiger partial charge in [0.25, 0.3) is 0 Å². The maximum atomic E-state index is 13.7. The highest BCUT2D eigenvalue weighted by Gasteiger charge is 2.56. The maximum Gasteiger partial charge on any atom is 0.194 e. The van der Waals surface area contributed by atoms with Crippen molar-refractivity contribution in [2.75, 3.05) is 6.54 Å². The van der Waals surface area contributed by atoms with Gasteiger partial charge in [-0.3, -0.25) is 19.1 Å². The van der Waals surface area contributed by atoms with Crippen LogP contribution in [0.2, 0.25) is 0 Å². The van der Waals surface area contributed by atoms with Crippen molar-refractivity contribution in [3.8, 4) is 17.2 Å². The Labute approximate surface area is 190 Å². The van der Waals surface area contributed by atoms with Crippen LogP contribution >= 0.6 is 0 Å². The first-order valence-corrected chi connectivity index (χ1v) is 10.5. The molecular weight excluding hydrogens is 426 g/mol. The van der Waals surface area contributed by atoms with Crippen LogP contribution in [0.1, 0.15) is 48.0 Å². The summed E-state index contributed by atoms with van der Waals surface area (Å²) in [6.45, 7) is 8.73. The second-order valence-corrected chi connectivity index (χ2v) is 8.53. The Morgan fingerprint density at radius 2 is 1.91 bits per heavy atom. The van der Waals surface area contributed by atoms with E-state index in [4.69, 9.17) is 4.74 Å². The van der Waals surface area contributed by atoms with Gasteiger partial charge in [-0.25, -0.2) is 0 Å². The highest BCUT2D eigenvalue weighted by Crippen LogP contribution is 2.57. The van der Waals surface area contributed by atoms with Crippen molar-refractivity contribution >= 4 is 17.3 Å². The number of allylic oxidation sites excluding steroid dienone is 4. The van der Waals surface area contributed by atoms with Crippen molar-refractivity contribution in [1.29, 1.82) is 0 Å². The largest absolute Gasteiger partial charge is 0.507 e. The fraction of sp³-hybridized carbons (Fsp3) is 0.333. The number of hydrogen-bond acceptors (Lipinski definition) is 8. The van der Waals surface area contributed by atoms with Gasteiger partial charge in [-0.2, -0.15) is 5.10 Å². The summed E-state index contributed by atoms with van der Waals surface area (Å²) < 4.78 is 7.51. The number of carbonyl (C=O) groups is 3. The van der Waals surface area contributed by atoms with E-state index in [0.29, 0.717) is 18.8 Å². The van der Waals surface area contributed by atoms with E-state index in [0.717, 1.165) is 5.69 Å². The first kappa shape index (κ1) is 22.3. The number of benzene rings is 1. The highest BCUT2D eigenvalue weighted by atomic mass is 16.5. The van der Waals surface area contributed by atoms with Crippen LogP contribution in [0.4, 0.5) is 0 Å². The van der Waals surface area contributed by atoms with Crippen LogP contribution in [-0.2, 0) is 21.5 Å². The molecule has 9 nitrogen and oxygen atoms in total. The Balaban J connectivity index is 1.76. The minimum Gasteiger partial charge on any atom is -0.507 e. The lowest BCUT2D eigenvalue weighted by Gasteiger charge is -2.29. The molecule has 1 aromatic carbocycles. The zero-order valence-electron chi connectivity index (χ0n) is 19.1. The van der Waals surface area contributed by atoms with E-state index in [1.807, 2.05) is 19.2 Å². The second-order valence-electron chi connectivity index (χ2n) is 8.53. The molecule has 1 aromatic heterocycles. The van der Waals surface area contributed by atoms with Crippen molar-refractivity contribution in [1.82, 2.24) is 15.1 Å². The Morgan fingerprint density at radius 3 is 2.52 bits per heavy atom. The van der Waals surface area contributed by atoms with Gasteiger partial charge in [-0.15, -0.1) is 0 Å². The number of nitrogens with one attached hydrogen (secondary N) is 1. The quantitative estimate of drug-likeness (QED) is 0.359. The van der Waals surface area contributed by atoms with Gasteiger partial charge in [-0.05, 0) is 40.7 Å². The van der Waals surface area contributed by atoms with E-state index in [1.54, 1.807) is 18.5 Å². The topological polar surface area (TPSA) is 131 Å². The van der Waals surface area contributed by atoms with Gasteiger partial charge in [0.15, 0.2) is 17.3 Å². The number of Topliss-reactive ketones (excluding diaryl/α,β-unsaturated/α-hetero) is 2. The molecule has 0 spiro atoms. The second kappa shape index (κ2) is 7.61. The molecule has 2 heterocycles. The van der Waals surface area contributed by atoms with Crippen molar-refractivity contribution in [3.63, 3.8) is 0 Å². The number of nitrogens with zero attached hydrogens (tertiary/aromatic N) is 2. The van der Waals surface area contributed by atoms with Gasteiger partial charge >= 0.3 is 0 Å². The predicted molar refractivity (Wildman–Crippen MR) is 118 cm³/mol. The standard InChI is InChI=1S/C24H25N3O6/c1-11-6-8-27(26-11)9-7-25-13(3)17-15(29)10-16-24(5,23(17)32)19-21(31)12(2)20(30)18(14(4)28)22(19)33-16/h6,8,10,25,30-31H,7,9H2,1-5H3/t24-/m0/s1. The van der Waals surface area contributed by atoms with Gasteiger partial charge in [0.05, 0.1) is 23.4 Å². The van der Waals surface area contributed by atoms with Crippen molar-refractivity contribution < 1.29 is 29.3 Å². The molecule has 172 valence electrons. The molecule has 0 radical (unpaired) electrons. The maximum absolute atomic E-state index is 13.7. The van der Waals surface area contributed by atoms with Gasteiger partial charge < -0.3 is 20.3 Å². The van der Waals surface area contributed by atoms with Gasteiger partial charge in [0.2, 0.25) is 0 Å². The van der Waals surface area contributed by atoms with Gasteiger partial charge in [0, 0.05) is 30.1 Å². The minimum atomic E-state index is -1.52. The van der Waals surface area contributed by atoms with E-state index in [2.05, 4.69) is 10.4 Å². The Hall–Kier alpha value is -3.88. The molecule has 2 aromatic rings. The zero-order valence-corrected chi connectivity index (χ0v) is 19.1. The summed E-state index contributed by atoms with van der Waals surface area (Å²) in [5.74, 6) is -2.43. The van der Waals surface area contributed by atoms with Crippen LogP contribution in [-0.4, -0.2) is 43.9 Å². The summed E-state index contributed by atoms with van der Waals surface area (Å²) in [6.07, 6.45) is 3.04. The molecule has 0 fully saturated rings. The Morgan fingerprint density at radius 1 is 1.21 bits per heavy atom. The first-order chi connectivity index (χ1) is 15.5. The van der Waals surface area contributed by atoms with E-state index in [-0.39, 0.29) is 39.5 Å². The third-order valence-corrected chi connectivity index (χ3v) is 6.26. The van der Waals surface area contributed by atoms with Crippen LogP contribution in [0.3, 0.4) is 0 Å². The molecule has 4 rings (SSSR count). The van der Waals surface area contributed by atoms with Crippen LogP contribution in [0.25, 0.3) is 0 Å². The molecule has 2 aliphatic rings. The molecule has 0 saturated carbocycles. The van der Waals surface area contributed by atoms with Gasteiger partial charge in [-0.1, -0.05) is 0 Å². The Bertz CT molecular complexity index is 1300. The molecule has 0 bridgehead atoms. The number of aromatic nitrogens is 2. The minimum absolute atomic E-state index is 0.0128. The number of phenolic OH excluding ortho intramolecular Hbond substituents is 2. The number of fused-ring (bicyclic) bond motifs is 3. The average molecular weight is 451 g/mol. The number of phenols is 2. The molecule has 3 N–H and O–H groups in total. The lowest BCUT2D eigenvalue weighted by molar-refractivity contribution is -0.123. The fourth-order valence-electron chi connectivity index (χ4n) is 4.40. The Kier molecular flexibility index (Phi) is 5.15. The number of aryl methyl sites for hydroxylation is 1. The highest BCUT2D eigenvalue weighted by molar-refractivity contribution is 6.31. The molecule has 1 aliphatic heterocycles. The molecule has 0 unspecified atom stereocenters. The molecule has 33 heavy (non-hydrogen) atoms. The third kappa shape index (κ3) is 3.23. The summed E-state index contributed by atoms with van der Waals surface area (Å²) in [5, 5.41) is 28.7. The fourth-order valence-corrected chi connectivity index (χ4v) is 4.40. The summed E-state index contributed by atoms with van der Waals surface area (Å²) >= 11 is 0. The summed E-state index contributed by atoms with van der Waals surface area (Å²) in [7, 11) is 0. The van der Waals surface area contributed by atoms with Crippen molar-refractivity contribution in [2.24, 2.45) is 0 Å². The summed E-state index contributed by atoms with van der Waals surface area (Å²) in [5.41, 5.74) is -0.294. The molecule has 0 amide bonds. The van der Waals surface area contributed by atoms with Crippen molar-refractivity contribution in [3.05, 3.63) is 57.8 Å². The van der Waals surface area contributed by atoms with E-state index >= 15 is 0 Å². The number of ketones is 3. The molecule has 1 aliphatic carbocycles. The molecular formula is C24H25N3O6. The van der Waals surface area contributed by atoms with Crippen LogP contribution in [0.5, 0.6) is 17.2 Å². The number of carbonyl (C=O) groups excluding carboxylic acids is 3. The van der Waals surface area contributed by atoms with Crippen LogP contribution < -0.4 is 10.1 Å². The van der Waals surface area contributed by atoms with Gasteiger partial charge in [0.1, 0.15) is 34.0 Å². The lowest BCUT2D eigenvalue weighted by atomic mass is 9.70. The first-order valence-electron chi connectivity index (χ1n) is 10.5. The van der Waals surface area contributed by atoms with E-state index in [9.17, 15) is 24.6 Å². The molecule has 0 saturated heterocycles. The third-order valence-electron chi connectivity index (χ3n) is 6.26. The summed E-state index contributed by atoms with van der Waals surface area (Å²) in [4.78, 5) is 38.8. The number of ether oxygens (including phenoxy) is 1. The summed E-state index contributed by atoms with van der Waals surface area (Å²) in [6, 6.07) is 1.88. The number of aromatic hydroxyl groups is 2. The van der Waals surface area contributed by atoms with E-state index in [1.165, 1.54) is 19.9 Å². The van der Waals surface area contributed by atoms with E-state index < -0.39 is 28.5 Å². The number of rotatable bonds is 5. The molecule has 1 atom stereocenters. The number of hydrogen-bond donors (Lipinski definition) is 3. The monoisotopic (exact) mass is 451 g/mol. The SMILES string of the molecule is CC(=O)c1c(O)c(C)c(O)c2c1OC1=CC(=O)C(=C(C)NCCn3ccc(C)n3)C(=O)[C@@]12C. The normalized spacial score (nSPS) is 20.7. The smallest absolute Gasteiger partial charge is 0.194 e.